The van der Waals surface area contributed by atoms with E-state index in [1.165, 1.54) is 18.6 Å². The fraction of sp³-hybridized carbons (Fsp3) is 0.417. The minimum absolute atomic E-state index is 0. The Labute approximate surface area is 126 Å². The molecule has 17 heavy (non-hydrogen) atoms. The minimum atomic E-state index is -0.967. The Hall–Kier alpha value is 0.0803. The maximum atomic E-state index is 10.4. The number of rotatable bonds is 3. The van der Waals surface area contributed by atoms with E-state index in [1.807, 2.05) is 0 Å². The standard InChI is InChI=1S/C7H6O2S.C5H13P.Au/c8-7(9)5-3-1-2-4-6(5)10;1-4-5-6(2)3;/h1-4,10H,(H,8,9);4-5H2,1-3H3;/q;;+1/p-1. The predicted molar refractivity (Wildman–Crippen MR) is 73.0 cm³/mol. The van der Waals surface area contributed by atoms with Gasteiger partial charge in [0.2, 0.25) is 0 Å². The molecule has 1 aromatic carbocycles. The van der Waals surface area contributed by atoms with Gasteiger partial charge >= 0.3 is 28.3 Å². The summed E-state index contributed by atoms with van der Waals surface area (Å²) in [6.07, 6.45) is 2.80. The van der Waals surface area contributed by atoms with E-state index in [1.54, 1.807) is 18.2 Å². The zero-order valence-corrected chi connectivity index (χ0v) is 14.1. The van der Waals surface area contributed by atoms with Gasteiger partial charge < -0.3 is 17.7 Å². The Morgan fingerprint density at radius 3 is 2.12 bits per heavy atom. The van der Waals surface area contributed by atoms with E-state index in [0.717, 1.165) is 0 Å². The molecule has 5 heteroatoms. The summed E-state index contributed by atoms with van der Waals surface area (Å²) in [5, 5.41) is 8.50. The number of hydrogen-bond donors (Lipinski definition) is 1. The Kier molecular flexibility index (Phi) is 12.8. The van der Waals surface area contributed by atoms with Gasteiger partial charge in [0.25, 0.3) is 0 Å². The summed E-state index contributed by atoms with van der Waals surface area (Å²) in [7, 11) is 0.399. The Bertz CT molecular complexity index is 332. The van der Waals surface area contributed by atoms with E-state index >= 15 is 0 Å². The first-order valence-electron chi connectivity index (χ1n) is 5.13. The number of carboxylic acid groups (broad SMARTS) is 1. The van der Waals surface area contributed by atoms with Crippen molar-refractivity contribution in [3.05, 3.63) is 29.8 Å². The van der Waals surface area contributed by atoms with Gasteiger partial charge in [0.05, 0.1) is 0 Å². The molecule has 0 radical (unpaired) electrons. The third-order valence-electron chi connectivity index (χ3n) is 1.79. The maximum Gasteiger partial charge on any atom is 1.00 e. The average Bonchev–Trinajstić information content (AvgIpc) is 2.18. The van der Waals surface area contributed by atoms with Crippen LogP contribution in [0.2, 0.25) is 0 Å². The maximum absolute atomic E-state index is 10.4. The molecule has 0 aromatic heterocycles. The van der Waals surface area contributed by atoms with Crippen LogP contribution in [0.25, 0.3) is 0 Å². The summed E-state index contributed by atoms with van der Waals surface area (Å²) >= 11 is 4.75. The largest absolute Gasteiger partial charge is 1.00 e. The Morgan fingerprint density at radius 1 is 1.35 bits per heavy atom. The van der Waals surface area contributed by atoms with Crippen molar-refractivity contribution in [2.75, 3.05) is 19.5 Å². The molecule has 0 spiro atoms. The zero-order valence-electron chi connectivity index (χ0n) is 10.2. The zero-order chi connectivity index (χ0) is 12.6. The fourth-order valence-corrected chi connectivity index (χ4v) is 2.22. The summed E-state index contributed by atoms with van der Waals surface area (Å²) < 4.78 is 0. The van der Waals surface area contributed by atoms with Crippen LogP contribution >= 0.6 is 7.92 Å². The molecule has 0 unspecified atom stereocenters. The van der Waals surface area contributed by atoms with Crippen LogP contribution in [0, 0.1) is 0 Å². The van der Waals surface area contributed by atoms with E-state index in [2.05, 4.69) is 20.3 Å². The van der Waals surface area contributed by atoms with E-state index in [0.29, 0.717) is 12.8 Å². The number of aromatic carboxylic acids is 1. The van der Waals surface area contributed by atoms with Crippen molar-refractivity contribution in [2.45, 2.75) is 18.2 Å². The van der Waals surface area contributed by atoms with Crippen molar-refractivity contribution >= 4 is 26.5 Å². The van der Waals surface area contributed by atoms with Crippen molar-refractivity contribution in [1.29, 1.82) is 0 Å². The van der Waals surface area contributed by atoms with Gasteiger partial charge in [-0.3, -0.25) is 0 Å². The van der Waals surface area contributed by atoms with Crippen LogP contribution in [0.4, 0.5) is 0 Å². The fourth-order valence-electron chi connectivity index (χ4n) is 1.09. The molecule has 2 nitrogen and oxygen atoms in total. The monoisotopic (exact) mass is 454 g/mol. The quantitative estimate of drug-likeness (QED) is 0.432. The topological polar surface area (TPSA) is 37.3 Å². The first-order chi connectivity index (χ1) is 7.49. The molecule has 0 amide bonds. The van der Waals surface area contributed by atoms with Crippen LogP contribution in [0.3, 0.4) is 0 Å². The van der Waals surface area contributed by atoms with Crippen molar-refractivity contribution in [3.8, 4) is 0 Å². The summed E-state index contributed by atoms with van der Waals surface area (Å²) in [6, 6.07) is 6.46. The first kappa shape index (κ1) is 19.4. The molecule has 0 heterocycles. The summed E-state index contributed by atoms with van der Waals surface area (Å²) in [6.45, 7) is 6.88. The van der Waals surface area contributed by atoms with Crippen LogP contribution in [0.5, 0.6) is 0 Å². The van der Waals surface area contributed by atoms with Crippen molar-refractivity contribution in [3.63, 3.8) is 0 Å². The third-order valence-corrected chi connectivity index (χ3v) is 3.49. The second kappa shape index (κ2) is 11.2. The van der Waals surface area contributed by atoms with Crippen molar-refractivity contribution in [1.82, 2.24) is 0 Å². The van der Waals surface area contributed by atoms with Gasteiger partial charge in [-0.05, 0) is 25.6 Å². The molecule has 100 valence electrons. The smallest absolute Gasteiger partial charge is 0.779 e. The second-order valence-corrected chi connectivity index (χ2v) is 6.65. The molecule has 1 rings (SSSR count). The minimum Gasteiger partial charge on any atom is -0.779 e. The van der Waals surface area contributed by atoms with Gasteiger partial charge in [0.15, 0.2) is 0 Å². The first-order valence-corrected chi connectivity index (χ1v) is 7.96. The van der Waals surface area contributed by atoms with E-state index < -0.39 is 5.97 Å². The van der Waals surface area contributed by atoms with Gasteiger partial charge in [0.1, 0.15) is 0 Å². The number of carbonyl (C=O) groups is 1. The summed E-state index contributed by atoms with van der Waals surface area (Å²) in [5.41, 5.74) is 0.192. The van der Waals surface area contributed by atoms with Crippen molar-refractivity contribution in [2.24, 2.45) is 0 Å². The van der Waals surface area contributed by atoms with Crippen LogP contribution in [-0.2, 0) is 35.0 Å². The van der Waals surface area contributed by atoms with E-state index in [-0.39, 0.29) is 27.9 Å². The second-order valence-electron chi connectivity index (χ2n) is 3.60. The molecular formula is C12H18AuO2PS. The number of benzene rings is 1. The van der Waals surface area contributed by atoms with Gasteiger partial charge in [-0.1, -0.05) is 31.5 Å². The van der Waals surface area contributed by atoms with Gasteiger partial charge in [-0.15, -0.1) is 7.92 Å². The van der Waals surface area contributed by atoms with Crippen LogP contribution in [-0.4, -0.2) is 30.6 Å². The molecule has 0 fully saturated rings. The molecule has 0 aliphatic carbocycles. The average molecular weight is 454 g/mol. The molecule has 0 saturated heterocycles. The summed E-state index contributed by atoms with van der Waals surface area (Å²) in [4.78, 5) is 10.7. The molecule has 0 bridgehead atoms. The Balaban J connectivity index is 0. The van der Waals surface area contributed by atoms with Crippen LogP contribution in [0.15, 0.2) is 29.2 Å². The summed E-state index contributed by atoms with van der Waals surface area (Å²) in [5.74, 6) is -0.967. The molecule has 1 aromatic rings. The molecule has 0 aliphatic heterocycles. The Morgan fingerprint density at radius 2 is 1.88 bits per heavy atom. The number of carboxylic acids is 1. The van der Waals surface area contributed by atoms with Crippen molar-refractivity contribution < 1.29 is 32.3 Å². The molecule has 0 aliphatic rings. The predicted octanol–water partition coefficient (Wildman–Crippen LogP) is 3.43. The number of hydrogen-bond acceptors (Lipinski definition) is 2. The third kappa shape index (κ3) is 9.75. The van der Waals surface area contributed by atoms with Crippen LogP contribution in [0.1, 0.15) is 23.7 Å². The van der Waals surface area contributed by atoms with Gasteiger partial charge in [-0.25, -0.2) is 4.79 Å². The van der Waals surface area contributed by atoms with E-state index in [9.17, 15) is 4.79 Å². The van der Waals surface area contributed by atoms with Crippen LogP contribution < -0.4 is 0 Å². The normalized spacial score (nSPS) is 8.94. The SMILES string of the molecule is CCCP(C)C.O=C(O)c1ccccc1[S-].[Au+]. The van der Waals surface area contributed by atoms with E-state index in [4.69, 9.17) is 17.7 Å². The molecule has 0 atom stereocenters. The molecule has 1 N–H and O–H groups in total. The van der Waals surface area contributed by atoms with Gasteiger partial charge in [0, 0.05) is 5.56 Å². The molecule has 0 saturated carbocycles. The molecular weight excluding hydrogens is 436 g/mol. The van der Waals surface area contributed by atoms with Gasteiger partial charge in [-0.2, -0.15) is 4.90 Å².